The van der Waals surface area contributed by atoms with Crippen LogP contribution in [0.5, 0.6) is 0 Å². The van der Waals surface area contributed by atoms with Crippen LogP contribution in [-0.2, 0) is 0 Å². The number of rotatable bonds is 2. The zero-order valence-corrected chi connectivity index (χ0v) is 11.2. The largest absolute Gasteiger partial charge is 0.396 e. The van der Waals surface area contributed by atoms with Crippen LogP contribution in [0.4, 0.5) is 11.5 Å². The normalized spacial score (nSPS) is 24.6. The van der Waals surface area contributed by atoms with Gasteiger partial charge in [-0.25, -0.2) is 4.98 Å². The van der Waals surface area contributed by atoms with Gasteiger partial charge in [0.15, 0.2) is 5.82 Å². The number of aromatic nitrogens is 1. The Bertz CT molecular complexity index is 394. The standard InChI is InChI=1S/C13H20ClN3/c1-9-4-3-5-10(8-9)17(2)13-11(15)6-7-12(14)16-13/h6-7,9-10H,3-5,8,15H2,1-2H3. The zero-order chi connectivity index (χ0) is 12.4. The van der Waals surface area contributed by atoms with Crippen LogP contribution < -0.4 is 10.6 Å². The fourth-order valence-corrected chi connectivity index (χ4v) is 2.79. The lowest BCUT2D eigenvalue weighted by molar-refractivity contribution is 0.336. The summed E-state index contributed by atoms with van der Waals surface area (Å²) in [6.45, 7) is 2.31. The molecular formula is C13H20ClN3. The van der Waals surface area contributed by atoms with E-state index in [2.05, 4.69) is 23.9 Å². The van der Waals surface area contributed by atoms with Crippen LogP contribution in [0.3, 0.4) is 0 Å². The van der Waals surface area contributed by atoms with E-state index in [4.69, 9.17) is 17.3 Å². The minimum atomic E-state index is 0.505. The van der Waals surface area contributed by atoms with Crippen molar-refractivity contribution >= 4 is 23.1 Å². The molecule has 1 aliphatic rings. The maximum Gasteiger partial charge on any atom is 0.153 e. The van der Waals surface area contributed by atoms with Crippen LogP contribution in [0.15, 0.2) is 12.1 Å². The van der Waals surface area contributed by atoms with Gasteiger partial charge in [0.25, 0.3) is 0 Å². The maximum atomic E-state index is 5.97. The lowest BCUT2D eigenvalue weighted by Gasteiger charge is -2.35. The molecule has 0 aromatic carbocycles. The molecule has 0 saturated heterocycles. The third-order valence-corrected chi connectivity index (χ3v) is 3.87. The molecule has 2 atom stereocenters. The van der Waals surface area contributed by atoms with Crippen molar-refractivity contribution in [2.75, 3.05) is 17.7 Å². The molecule has 0 aliphatic heterocycles. The lowest BCUT2D eigenvalue weighted by atomic mass is 9.86. The minimum Gasteiger partial charge on any atom is -0.396 e. The van der Waals surface area contributed by atoms with Crippen LogP contribution in [0.1, 0.15) is 32.6 Å². The summed E-state index contributed by atoms with van der Waals surface area (Å²) in [4.78, 5) is 6.53. The highest BCUT2D eigenvalue weighted by molar-refractivity contribution is 6.29. The number of nitrogens with two attached hydrogens (primary N) is 1. The fraction of sp³-hybridized carbons (Fsp3) is 0.615. The molecule has 2 N–H and O–H groups in total. The van der Waals surface area contributed by atoms with Crippen LogP contribution in [0.25, 0.3) is 0 Å². The molecule has 2 rings (SSSR count). The molecule has 1 aromatic rings. The molecule has 1 aliphatic carbocycles. The van der Waals surface area contributed by atoms with E-state index in [1.165, 1.54) is 25.7 Å². The summed E-state index contributed by atoms with van der Waals surface area (Å²) in [5.41, 5.74) is 6.67. The second-order valence-corrected chi connectivity index (χ2v) is 5.47. The first kappa shape index (κ1) is 12.5. The molecule has 17 heavy (non-hydrogen) atoms. The van der Waals surface area contributed by atoms with Crippen LogP contribution in [0.2, 0.25) is 5.15 Å². The Morgan fingerprint density at radius 3 is 2.88 bits per heavy atom. The van der Waals surface area contributed by atoms with E-state index in [0.29, 0.717) is 16.9 Å². The molecule has 0 spiro atoms. The second-order valence-electron chi connectivity index (χ2n) is 5.08. The smallest absolute Gasteiger partial charge is 0.153 e. The molecule has 4 heteroatoms. The van der Waals surface area contributed by atoms with Gasteiger partial charge in [-0.1, -0.05) is 31.4 Å². The van der Waals surface area contributed by atoms with E-state index in [1.807, 2.05) is 6.07 Å². The first-order valence-electron chi connectivity index (χ1n) is 6.22. The van der Waals surface area contributed by atoms with E-state index in [1.54, 1.807) is 6.07 Å². The number of nitrogens with zero attached hydrogens (tertiary/aromatic N) is 2. The first-order valence-corrected chi connectivity index (χ1v) is 6.60. The van der Waals surface area contributed by atoms with Gasteiger partial charge in [0.2, 0.25) is 0 Å². The highest BCUT2D eigenvalue weighted by Crippen LogP contribution is 2.31. The summed E-state index contributed by atoms with van der Waals surface area (Å²) in [6, 6.07) is 4.09. The fourth-order valence-electron chi connectivity index (χ4n) is 2.65. The molecule has 1 fully saturated rings. The van der Waals surface area contributed by atoms with Crippen molar-refractivity contribution in [3.05, 3.63) is 17.3 Å². The predicted octanol–water partition coefficient (Wildman–Crippen LogP) is 3.33. The van der Waals surface area contributed by atoms with E-state index in [-0.39, 0.29) is 0 Å². The van der Waals surface area contributed by atoms with E-state index in [0.717, 1.165) is 11.7 Å². The van der Waals surface area contributed by atoms with Crippen molar-refractivity contribution in [1.29, 1.82) is 0 Å². The topological polar surface area (TPSA) is 42.2 Å². The number of pyridine rings is 1. The van der Waals surface area contributed by atoms with Gasteiger partial charge in [0, 0.05) is 13.1 Å². The summed E-state index contributed by atoms with van der Waals surface area (Å²) in [6.07, 6.45) is 5.05. The van der Waals surface area contributed by atoms with E-state index >= 15 is 0 Å². The van der Waals surface area contributed by atoms with Gasteiger partial charge in [-0.05, 0) is 30.9 Å². The SMILES string of the molecule is CC1CCCC(N(C)c2nc(Cl)ccc2N)C1. The maximum absolute atomic E-state index is 5.97. The van der Waals surface area contributed by atoms with E-state index < -0.39 is 0 Å². The molecule has 0 bridgehead atoms. The van der Waals surface area contributed by atoms with Gasteiger partial charge in [-0.3, -0.25) is 0 Å². The summed E-state index contributed by atoms with van der Waals surface area (Å²) in [5.74, 6) is 1.60. The number of hydrogen-bond donors (Lipinski definition) is 1. The molecule has 1 saturated carbocycles. The molecule has 1 heterocycles. The van der Waals surface area contributed by atoms with Crippen molar-refractivity contribution in [3.8, 4) is 0 Å². The average Bonchev–Trinajstić information content (AvgIpc) is 2.31. The average molecular weight is 254 g/mol. The summed E-state index contributed by atoms with van der Waals surface area (Å²) in [5, 5.41) is 0.505. The predicted molar refractivity (Wildman–Crippen MR) is 73.5 cm³/mol. The highest BCUT2D eigenvalue weighted by atomic mass is 35.5. The Morgan fingerprint density at radius 2 is 2.18 bits per heavy atom. The zero-order valence-electron chi connectivity index (χ0n) is 10.5. The van der Waals surface area contributed by atoms with Crippen molar-refractivity contribution < 1.29 is 0 Å². The minimum absolute atomic E-state index is 0.505. The summed E-state index contributed by atoms with van der Waals surface area (Å²) in [7, 11) is 2.07. The Labute approximate surface area is 108 Å². The molecule has 1 aromatic heterocycles. The van der Waals surface area contributed by atoms with Gasteiger partial charge >= 0.3 is 0 Å². The Balaban J connectivity index is 2.18. The number of anilines is 2. The molecule has 0 amide bonds. The lowest BCUT2D eigenvalue weighted by Crippen LogP contribution is -2.36. The van der Waals surface area contributed by atoms with Gasteiger partial charge < -0.3 is 10.6 Å². The van der Waals surface area contributed by atoms with Crippen LogP contribution >= 0.6 is 11.6 Å². The van der Waals surface area contributed by atoms with Crippen LogP contribution in [0, 0.1) is 5.92 Å². The third-order valence-electron chi connectivity index (χ3n) is 3.66. The Kier molecular flexibility index (Phi) is 3.77. The summed E-state index contributed by atoms with van der Waals surface area (Å²) < 4.78 is 0. The van der Waals surface area contributed by atoms with Gasteiger partial charge in [-0.15, -0.1) is 0 Å². The van der Waals surface area contributed by atoms with Crippen molar-refractivity contribution in [2.45, 2.75) is 38.6 Å². The van der Waals surface area contributed by atoms with Crippen molar-refractivity contribution in [2.24, 2.45) is 5.92 Å². The van der Waals surface area contributed by atoms with Crippen molar-refractivity contribution in [1.82, 2.24) is 4.98 Å². The van der Waals surface area contributed by atoms with Gasteiger partial charge in [-0.2, -0.15) is 0 Å². The quantitative estimate of drug-likeness (QED) is 0.822. The van der Waals surface area contributed by atoms with Gasteiger partial charge in [0.05, 0.1) is 5.69 Å². The van der Waals surface area contributed by atoms with Gasteiger partial charge in [0.1, 0.15) is 5.15 Å². The third kappa shape index (κ3) is 2.83. The number of nitrogen functional groups attached to an aromatic ring is 1. The number of halogens is 1. The molecule has 0 radical (unpaired) electrons. The van der Waals surface area contributed by atoms with E-state index in [9.17, 15) is 0 Å². The molecule has 3 nitrogen and oxygen atoms in total. The second kappa shape index (κ2) is 5.13. The highest BCUT2D eigenvalue weighted by Gasteiger charge is 2.24. The monoisotopic (exact) mass is 253 g/mol. The summed E-state index contributed by atoms with van der Waals surface area (Å²) >= 11 is 5.94. The molecular weight excluding hydrogens is 234 g/mol. The van der Waals surface area contributed by atoms with Crippen molar-refractivity contribution in [3.63, 3.8) is 0 Å². The molecule has 2 unspecified atom stereocenters. The Hall–Kier alpha value is -0.960. The number of hydrogen-bond acceptors (Lipinski definition) is 3. The first-order chi connectivity index (χ1) is 8.08. The Morgan fingerprint density at radius 1 is 1.41 bits per heavy atom. The molecule has 94 valence electrons. The van der Waals surface area contributed by atoms with Crippen LogP contribution in [-0.4, -0.2) is 18.1 Å².